The van der Waals surface area contributed by atoms with Crippen molar-refractivity contribution in [3.8, 4) is 10.6 Å². The van der Waals surface area contributed by atoms with Crippen LogP contribution in [0.5, 0.6) is 0 Å². The first kappa shape index (κ1) is 18.6. The van der Waals surface area contributed by atoms with E-state index in [1.807, 2.05) is 37.3 Å². The van der Waals surface area contributed by atoms with Gasteiger partial charge in [0.15, 0.2) is 0 Å². The van der Waals surface area contributed by atoms with Crippen LogP contribution in [-0.4, -0.2) is 25.7 Å². The lowest BCUT2D eigenvalue weighted by Crippen LogP contribution is -2.29. The quantitative estimate of drug-likeness (QED) is 0.534. The van der Waals surface area contributed by atoms with Crippen molar-refractivity contribution in [1.82, 2.24) is 19.7 Å². The third-order valence-electron chi connectivity index (χ3n) is 5.18. The number of nitrogens with one attached hydrogen (secondary N) is 1. The SMILES string of the molecule is Cc1c(NC(=O)Cn2nc(C3CC3)ccc2=O)cccc1-c1nc2cccnc2s1. The number of pyridine rings is 1. The van der Waals surface area contributed by atoms with Crippen molar-refractivity contribution in [3.05, 3.63) is 70.3 Å². The molecule has 1 saturated carbocycles. The molecule has 0 spiro atoms. The number of thiazole rings is 1. The molecular formula is C22H19N5O2S. The maximum Gasteiger partial charge on any atom is 0.267 e. The number of hydrogen-bond donors (Lipinski definition) is 1. The van der Waals surface area contributed by atoms with Gasteiger partial charge in [-0.3, -0.25) is 9.59 Å². The molecule has 5 rings (SSSR count). The molecule has 3 heterocycles. The lowest BCUT2D eigenvalue weighted by atomic mass is 10.1. The van der Waals surface area contributed by atoms with Crippen molar-refractivity contribution >= 4 is 33.3 Å². The number of carbonyl (C=O) groups is 1. The Morgan fingerprint density at radius 3 is 2.87 bits per heavy atom. The van der Waals surface area contributed by atoms with E-state index in [-0.39, 0.29) is 18.0 Å². The molecule has 0 bridgehead atoms. The summed E-state index contributed by atoms with van der Waals surface area (Å²) in [6.07, 6.45) is 3.93. The van der Waals surface area contributed by atoms with Gasteiger partial charge in [0.05, 0.1) is 5.69 Å². The minimum atomic E-state index is -0.288. The molecule has 1 amide bonds. The van der Waals surface area contributed by atoms with Crippen LogP contribution in [0.4, 0.5) is 5.69 Å². The van der Waals surface area contributed by atoms with Gasteiger partial charge in [0.2, 0.25) is 5.91 Å². The van der Waals surface area contributed by atoms with Crippen LogP contribution < -0.4 is 10.9 Å². The summed E-state index contributed by atoms with van der Waals surface area (Å²) in [5, 5.41) is 8.13. The third-order valence-corrected chi connectivity index (χ3v) is 6.19. The van der Waals surface area contributed by atoms with E-state index in [9.17, 15) is 9.59 Å². The van der Waals surface area contributed by atoms with E-state index in [2.05, 4.69) is 20.4 Å². The second kappa shape index (κ2) is 7.46. The summed E-state index contributed by atoms with van der Waals surface area (Å²) < 4.78 is 1.24. The highest BCUT2D eigenvalue weighted by molar-refractivity contribution is 7.21. The van der Waals surface area contributed by atoms with Crippen LogP contribution >= 0.6 is 11.3 Å². The molecule has 4 aromatic rings. The number of amides is 1. The molecule has 1 fully saturated rings. The van der Waals surface area contributed by atoms with E-state index < -0.39 is 0 Å². The summed E-state index contributed by atoms with van der Waals surface area (Å²) >= 11 is 1.52. The fraction of sp³-hybridized carbons (Fsp3) is 0.227. The standard InChI is InChI=1S/C22H19N5O2S/c1-13-15(21-25-18-6-3-11-23-22(18)30-21)4-2-5-16(13)24-19(28)12-27-20(29)10-9-17(26-27)14-7-8-14/h2-6,9-11,14H,7-8,12H2,1H3,(H,24,28). The second-order valence-electron chi connectivity index (χ2n) is 7.40. The van der Waals surface area contributed by atoms with E-state index in [0.717, 1.165) is 45.0 Å². The Hall–Kier alpha value is -3.39. The number of benzene rings is 1. The Morgan fingerprint density at radius 2 is 2.07 bits per heavy atom. The molecule has 1 aliphatic carbocycles. The number of rotatable bonds is 5. The Morgan fingerprint density at radius 1 is 1.20 bits per heavy atom. The van der Waals surface area contributed by atoms with Gasteiger partial charge in [0.1, 0.15) is 21.9 Å². The average molecular weight is 417 g/mol. The summed E-state index contributed by atoms with van der Waals surface area (Å²) in [5.74, 6) is 0.130. The monoisotopic (exact) mass is 417 g/mol. The number of anilines is 1. The summed E-state index contributed by atoms with van der Waals surface area (Å²) in [7, 11) is 0. The van der Waals surface area contributed by atoms with Crippen LogP contribution in [0.3, 0.4) is 0 Å². The second-order valence-corrected chi connectivity index (χ2v) is 8.38. The number of aromatic nitrogens is 4. The van der Waals surface area contributed by atoms with E-state index in [1.54, 1.807) is 12.3 Å². The maximum atomic E-state index is 12.6. The van der Waals surface area contributed by atoms with Crippen molar-refractivity contribution < 1.29 is 4.79 Å². The van der Waals surface area contributed by atoms with Gasteiger partial charge in [-0.25, -0.2) is 14.6 Å². The van der Waals surface area contributed by atoms with Crippen molar-refractivity contribution in [2.45, 2.75) is 32.2 Å². The first-order valence-corrected chi connectivity index (χ1v) is 10.6. The highest BCUT2D eigenvalue weighted by atomic mass is 32.1. The van der Waals surface area contributed by atoms with Crippen LogP contribution in [0.1, 0.15) is 30.0 Å². The first-order chi connectivity index (χ1) is 14.6. The highest BCUT2D eigenvalue weighted by Crippen LogP contribution is 2.38. The van der Waals surface area contributed by atoms with Gasteiger partial charge in [-0.1, -0.05) is 23.5 Å². The van der Waals surface area contributed by atoms with E-state index in [0.29, 0.717) is 11.6 Å². The third kappa shape index (κ3) is 3.61. The molecule has 0 saturated heterocycles. The van der Waals surface area contributed by atoms with Gasteiger partial charge in [0.25, 0.3) is 5.56 Å². The van der Waals surface area contributed by atoms with Gasteiger partial charge >= 0.3 is 0 Å². The van der Waals surface area contributed by atoms with Gasteiger partial charge in [-0.2, -0.15) is 5.10 Å². The van der Waals surface area contributed by atoms with Crippen LogP contribution in [0.25, 0.3) is 20.9 Å². The molecule has 0 radical (unpaired) electrons. The predicted octanol–water partition coefficient (Wildman–Crippen LogP) is 3.74. The van der Waals surface area contributed by atoms with Gasteiger partial charge in [-0.15, -0.1) is 0 Å². The van der Waals surface area contributed by atoms with Gasteiger partial charge in [0, 0.05) is 29.4 Å². The predicted molar refractivity (Wildman–Crippen MR) is 117 cm³/mol. The highest BCUT2D eigenvalue weighted by Gasteiger charge is 2.25. The van der Waals surface area contributed by atoms with Crippen molar-refractivity contribution in [1.29, 1.82) is 0 Å². The molecule has 7 nitrogen and oxygen atoms in total. The van der Waals surface area contributed by atoms with Crippen molar-refractivity contribution in [3.63, 3.8) is 0 Å². The molecular weight excluding hydrogens is 398 g/mol. The van der Waals surface area contributed by atoms with Crippen LogP contribution in [0.2, 0.25) is 0 Å². The molecule has 3 aromatic heterocycles. The van der Waals surface area contributed by atoms with Crippen LogP contribution in [-0.2, 0) is 11.3 Å². The van der Waals surface area contributed by atoms with Gasteiger partial charge in [-0.05, 0) is 49.6 Å². The molecule has 0 atom stereocenters. The summed E-state index contributed by atoms with van der Waals surface area (Å²) in [4.78, 5) is 34.6. The summed E-state index contributed by atoms with van der Waals surface area (Å²) in [6.45, 7) is 1.83. The normalized spacial score (nSPS) is 13.5. The number of fused-ring (bicyclic) bond motifs is 1. The van der Waals surface area contributed by atoms with E-state index >= 15 is 0 Å². The molecule has 8 heteroatoms. The summed E-state index contributed by atoms with van der Waals surface area (Å²) in [6, 6.07) is 12.8. The maximum absolute atomic E-state index is 12.6. The lowest BCUT2D eigenvalue weighted by molar-refractivity contribution is -0.117. The zero-order valence-corrected chi connectivity index (χ0v) is 17.1. The topological polar surface area (TPSA) is 89.8 Å². The first-order valence-electron chi connectivity index (χ1n) is 9.78. The fourth-order valence-corrected chi connectivity index (χ4v) is 4.38. The Kier molecular flexibility index (Phi) is 4.63. The Bertz CT molecular complexity index is 1290. The molecule has 1 N–H and O–H groups in total. The number of nitrogens with zero attached hydrogens (tertiary/aromatic N) is 4. The van der Waals surface area contributed by atoms with Crippen molar-refractivity contribution in [2.24, 2.45) is 0 Å². The van der Waals surface area contributed by atoms with Gasteiger partial charge < -0.3 is 5.32 Å². The molecule has 1 aromatic carbocycles. The van der Waals surface area contributed by atoms with Crippen LogP contribution in [0, 0.1) is 6.92 Å². The Labute approximate surface area is 176 Å². The van der Waals surface area contributed by atoms with E-state index in [4.69, 9.17) is 0 Å². The molecule has 150 valence electrons. The van der Waals surface area contributed by atoms with Crippen molar-refractivity contribution in [2.75, 3.05) is 5.32 Å². The molecule has 30 heavy (non-hydrogen) atoms. The minimum Gasteiger partial charge on any atom is -0.324 e. The molecule has 1 aliphatic rings. The Balaban J connectivity index is 1.39. The zero-order valence-electron chi connectivity index (χ0n) is 16.3. The fourth-order valence-electron chi connectivity index (χ4n) is 3.39. The number of carbonyl (C=O) groups excluding carboxylic acids is 1. The zero-order chi connectivity index (χ0) is 20.7. The number of hydrogen-bond acceptors (Lipinski definition) is 6. The smallest absolute Gasteiger partial charge is 0.267 e. The average Bonchev–Trinajstić information content (AvgIpc) is 3.49. The summed E-state index contributed by atoms with van der Waals surface area (Å²) in [5.41, 5.74) is 4.01. The van der Waals surface area contributed by atoms with E-state index in [1.165, 1.54) is 22.1 Å². The lowest BCUT2D eigenvalue weighted by Gasteiger charge is -2.12. The molecule has 0 aliphatic heterocycles. The largest absolute Gasteiger partial charge is 0.324 e. The minimum absolute atomic E-state index is 0.117. The molecule has 0 unspecified atom stereocenters. The van der Waals surface area contributed by atoms with Crippen LogP contribution in [0.15, 0.2) is 53.5 Å².